The molecule has 0 radical (unpaired) electrons. The number of aliphatic hydroxyl groups excluding tert-OH is 1. The summed E-state index contributed by atoms with van der Waals surface area (Å²) in [7, 11) is 0. The molecule has 0 saturated heterocycles. The maximum atomic E-state index is 12.2. The van der Waals surface area contributed by atoms with E-state index in [1.807, 2.05) is 6.92 Å². The summed E-state index contributed by atoms with van der Waals surface area (Å²) in [6.07, 6.45) is 0.861. The molecule has 0 heterocycles. The molecule has 162 valence electrons. The summed E-state index contributed by atoms with van der Waals surface area (Å²) >= 11 is 0. The van der Waals surface area contributed by atoms with Gasteiger partial charge in [0.1, 0.15) is 0 Å². The molecule has 4 amide bonds. The van der Waals surface area contributed by atoms with E-state index in [1.165, 1.54) is 0 Å². The number of hydrogen-bond donors (Lipinski definition) is 5. The fourth-order valence-electron chi connectivity index (χ4n) is 2.51. The van der Waals surface area contributed by atoms with E-state index in [1.54, 1.807) is 31.2 Å². The molecule has 29 heavy (non-hydrogen) atoms. The lowest BCUT2D eigenvalue weighted by Crippen LogP contribution is -2.32. The Morgan fingerprint density at radius 2 is 1.76 bits per heavy atom. The summed E-state index contributed by atoms with van der Waals surface area (Å²) in [4.78, 5) is 34.8. The van der Waals surface area contributed by atoms with E-state index in [0.29, 0.717) is 50.4 Å². The van der Waals surface area contributed by atoms with Crippen LogP contribution in [0.2, 0.25) is 0 Å². The van der Waals surface area contributed by atoms with Crippen LogP contribution in [0.1, 0.15) is 44.8 Å². The second-order valence-electron chi connectivity index (χ2n) is 6.75. The van der Waals surface area contributed by atoms with Gasteiger partial charge in [0.05, 0.1) is 6.61 Å². The summed E-state index contributed by atoms with van der Waals surface area (Å²) in [6.45, 7) is 5.58. The van der Waals surface area contributed by atoms with Gasteiger partial charge in [0.2, 0.25) is 5.91 Å². The van der Waals surface area contributed by atoms with Crippen molar-refractivity contribution < 1.29 is 24.2 Å². The number of carbonyl (C=O) groups excluding carboxylic acids is 3. The third kappa shape index (κ3) is 9.91. The fraction of sp³-hybridized carbons (Fsp3) is 0.550. The molecular formula is C20H32N4O5. The number of nitrogens with two attached hydrogens (primary N) is 1. The lowest BCUT2D eigenvalue weighted by atomic mass is 10.0. The number of nitrogens with one attached hydrogen (secondary N) is 3. The van der Waals surface area contributed by atoms with Crippen molar-refractivity contribution in [1.82, 2.24) is 10.6 Å². The molecule has 0 aliphatic carbocycles. The Morgan fingerprint density at radius 3 is 2.38 bits per heavy atom. The van der Waals surface area contributed by atoms with Crippen LogP contribution in [0.3, 0.4) is 0 Å². The second-order valence-corrected chi connectivity index (χ2v) is 6.75. The Kier molecular flexibility index (Phi) is 11.4. The van der Waals surface area contributed by atoms with Crippen LogP contribution in [0.4, 0.5) is 10.5 Å². The number of anilines is 1. The van der Waals surface area contributed by atoms with Gasteiger partial charge in [-0.05, 0) is 37.0 Å². The lowest BCUT2D eigenvalue weighted by Gasteiger charge is -2.14. The van der Waals surface area contributed by atoms with Gasteiger partial charge < -0.3 is 31.5 Å². The van der Waals surface area contributed by atoms with E-state index in [-0.39, 0.29) is 11.8 Å². The number of primary amides is 1. The molecule has 9 nitrogen and oxygen atoms in total. The lowest BCUT2D eigenvalue weighted by molar-refractivity contribution is -0.129. The van der Waals surface area contributed by atoms with Crippen molar-refractivity contribution in [2.24, 2.45) is 11.7 Å². The molecule has 6 N–H and O–H groups in total. The Morgan fingerprint density at radius 1 is 1.07 bits per heavy atom. The van der Waals surface area contributed by atoms with E-state index >= 15 is 0 Å². The molecule has 1 aromatic carbocycles. The van der Waals surface area contributed by atoms with Crippen molar-refractivity contribution >= 4 is 23.5 Å². The highest BCUT2D eigenvalue weighted by Gasteiger charge is 2.17. The number of rotatable bonds is 13. The van der Waals surface area contributed by atoms with Crippen molar-refractivity contribution in [1.29, 1.82) is 0 Å². The number of carbonyl (C=O) groups is 3. The normalized spacial score (nSPS) is 12.7. The molecular weight excluding hydrogens is 376 g/mol. The van der Waals surface area contributed by atoms with E-state index in [0.717, 1.165) is 6.42 Å². The van der Waals surface area contributed by atoms with Crippen LogP contribution in [-0.4, -0.2) is 49.3 Å². The summed E-state index contributed by atoms with van der Waals surface area (Å²) in [6, 6.07) is 5.87. The van der Waals surface area contributed by atoms with Gasteiger partial charge >= 0.3 is 6.03 Å². The Bertz CT molecular complexity index is 651. The highest BCUT2D eigenvalue weighted by atomic mass is 16.5. The molecule has 1 rings (SSSR count). The van der Waals surface area contributed by atoms with E-state index < -0.39 is 18.0 Å². The number of amides is 4. The number of benzene rings is 1. The summed E-state index contributed by atoms with van der Waals surface area (Å²) < 4.78 is 5.27. The van der Waals surface area contributed by atoms with Gasteiger partial charge in [-0.3, -0.25) is 9.59 Å². The molecule has 0 spiro atoms. The van der Waals surface area contributed by atoms with Gasteiger partial charge in [-0.15, -0.1) is 0 Å². The van der Waals surface area contributed by atoms with Crippen LogP contribution in [-0.2, 0) is 14.3 Å². The molecule has 2 atom stereocenters. The molecule has 0 fully saturated rings. The fourth-order valence-corrected chi connectivity index (χ4v) is 2.51. The van der Waals surface area contributed by atoms with E-state index in [4.69, 9.17) is 10.5 Å². The first-order valence-corrected chi connectivity index (χ1v) is 9.82. The van der Waals surface area contributed by atoms with E-state index in [9.17, 15) is 19.5 Å². The first kappa shape index (κ1) is 24.4. The maximum Gasteiger partial charge on any atom is 0.312 e. The summed E-state index contributed by atoms with van der Waals surface area (Å²) in [5.74, 6) is -0.891. The van der Waals surface area contributed by atoms with Gasteiger partial charge in [-0.2, -0.15) is 0 Å². The summed E-state index contributed by atoms with van der Waals surface area (Å²) in [5, 5.41) is 18.0. The van der Waals surface area contributed by atoms with Gasteiger partial charge in [-0.25, -0.2) is 4.79 Å². The molecule has 9 heteroatoms. The number of aliphatic hydroxyl groups is 1. The quantitative estimate of drug-likeness (QED) is 0.313. The van der Waals surface area contributed by atoms with Crippen LogP contribution < -0.4 is 21.7 Å². The van der Waals surface area contributed by atoms with Crippen LogP contribution in [0.5, 0.6) is 0 Å². The maximum absolute atomic E-state index is 12.2. The highest BCUT2D eigenvalue weighted by Crippen LogP contribution is 2.18. The van der Waals surface area contributed by atoms with Gasteiger partial charge in [-0.1, -0.05) is 26.0 Å². The van der Waals surface area contributed by atoms with Crippen molar-refractivity contribution in [2.75, 3.05) is 31.6 Å². The second kappa shape index (κ2) is 13.5. The molecule has 1 aromatic rings. The molecule has 0 aliphatic rings. The van der Waals surface area contributed by atoms with Crippen molar-refractivity contribution in [3.8, 4) is 0 Å². The molecule has 0 aromatic heterocycles. The minimum Gasteiger partial charge on any atom is -0.380 e. The third-order valence-corrected chi connectivity index (χ3v) is 4.20. The Hall–Kier alpha value is -2.65. The first-order valence-electron chi connectivity index (χ1n) is 9.82. The van der Waals surface area contributed by atoms with Crippen molar-refractivity contribution in [3.63, 3.8) is 0 Å². The Balaban J connectivity index is 2.42. The van der Waals surface area contributed by atoms with Gasteiger partial charge in [0.15, 0.2) is 6.10 Å². The smallest absolute Gasteiger partial charge is 0.312 e. The summed E-state index contributed by atoms with van der Waals surface area (Å²) in [5.41, 5.74) is 5.99. The average molecular weight is 408 g/mol. The molecule has 0 aliphatic heterocycles. The van der Waals surface area contributed by atoms with Gasteiger partial charge in [0.25, 0.3) is 5.91 Å². The van der Waals surface area contributed by atoms with Gasteiger partial charge in [0, 0.05) is 31.3 Å². The van der Waals surface area contributed by atoms with Crippen molar-refractivity contribution in [3.05, 3.63) is 29.8 Å². The zero-order valence-electron chi connectivity index (χ0n) is 17.1. The van der Waals surface area contributed by atoms with Crippen molar-refractivity contribution in [2.45, 2.75) is 39.2 Å². The highest BCUT2D eigenvalue weighted by molar-refractivity contribution is 5.92. The number of ether oxygens (including phenoxy) is 1. The first-order chi connectivity index (χ1) is 13.8. The average Bonchev–Trinajstić information content (AvgIpc) is 2.70. The number of hydrogen-bond acceptors (Lipinski definition) is 5. The minimum atomic E-state index is -1.29. The Labute approximate surface area is 171 Å². The zero-order chi connectivity index (χ0) is 21.6. The van der Waals surface area contributed by atoms with Crippen LogP contribution in [0.15, 0.2) is 24.3 Å². The SMILES string of the molecule is CCCOCCNC(=O)C(O)c1ccc(NC(=O)C(C)CCCNC(N)=O)cc1. The minimum absolute atomic E-state index is 0.151. The predicted octanol–water partition coefficient (Wildman–Crippen LogP) is 1.29. The van der Waals surface area contributed by atoms with E-state index in [2.05, 4.69) is 16.0 Å². The van der Waals surface area contributed by atoms with Crippen LogP contribution in [0.25, 0.3) is 0 Å². The monoisotopic (exact) mass is 408 g/mol. The molecule has 0 bridgehead atoms. The topological polar surface area (TPSA) is 143 Å². The number of urea groups is 1. The van der Waals surface area contributed by atoms with Crippen LogP contribution >= 0.6 is 0 Å². The molecule has 0 saturated carbocycles. The third-order valence-electron chi connectivity index (χ3n) is 4.20. The predicted molar refractivity (Wildman–Crippen MR) is 110 cm³/mol. The molecule has 2 unspecified atom stereocenters. The zero-order valence-corrected chi connectivity index (χ0v) is 17.1. The van der Waals surface area contributed by atoms with Crippen LogP contribution in [0, 0.1) is 5.92 Å². The standard InChI is InChI=1S/C20H32N4O5/c1-3-12-29-13-11-22-19(27)17(25)15-6-8-16(9-7-15)24-18(26)14(2)5-4-10-23-20(21)28/h6-9,14,17,25H,3-5,10-13H2,1-2H3,(H,22,27)(H,24,26)(H3,21,23,28). The largest absolute Gasteiger partial charge is 0.380 e.